The first-order chi connectivity index (χ1) is 14.1. The number of anilines is 1. The molecule has 9 heteroatoms. The van der Waals surface area contributed by atoms with Gasteiger partial charge in [-0.05, 0) is 24.1 Å². The summed E-state index contributed by atoms with van der Waals surface area (Å²) in [5.41, 5.74) is 2.88. The Hall–Kier alpha value is -3.20. The first-order valence-electron chi connectivity index (χ1n) is 9.37. The van der Waals surface area contributed by atoms with Gasteiger partial charge in [0.05, 0.1) is 35.9 Å². The van der Waals surface area contributed by atoms with E-state index in [1.54, 1.807) is 29.3 Å². The molecule has 4 aromatic rings. The predicted molar refractivity (Wildman–Crippen MR) is 111 cm³/mol. The second-order valence-electron chi connectivity index (χ2n) is 6.75. The average molecular weight is 411 g/mol. The van der Waals surface area contributed by atoms with E-state index in [0.29, 0.717) is 29.7 Å². The number of rotatable bonds is 8. The van der Waals surface area contributed by atoms with Crippen LogP contribution in [0.25, 0.3) is 22.3 Å². The van der Waals surface area contributed by atoms with Crippen LogP contribution in [0, 0.1) is 0 Å². The van der Waals surface area contributed by atoms with E-state index in [2.05, 4.69) is 20.0 Å². The smallest absolute Gasteiger partial charge is 0.233 e. The SMILES string of the molecule is CCCCS(=O)(=O)Nc1nn(Cc2ccccc2)c2nnc(-c3ccoc3)cc12. The quantitative estimate of drug-likeness (QED) is 0.474. The maximum Gasteiger partial charge on any atom is 0.233 e. The van der Waals surface area contributed by atoms with Crippen LogP contribution in [0.5, 0.6) is 0 Å². The van der Waals surface area contributed by atoms with Crippen molar-refractivity contribution < 1.29 is 12.8 Å². The van der Waals surface area contributed by atoms with Gasteiger partial charge in [0.2, 0.25) is 10.0 Å². The van der Waals surface area contributed by atoms with Gasteiger partial charge in [-0.3, -0.25) is 4.72 Å². The first kappa shape index (κ1) is 19.1. The first-order valence-corrected chi connectivity index (χ1v) is 11.0. The molecule has 3 aromatic heterocycles. The highest BCUT2D eigenvalue weighted by molar-refractivity contribution is 7.92. The summed E-state index contributed by atoms with van der Waals surface area (Å²) in [6, 6.07) is 13.3. The molecule has 0 amide bonds. The zero-order valence-corrected chi connectivity index (χ0v) is 16.8. The average Bonchev–Trinajstić information content (AvgIpc) is 3.36. The molecule has 0 aliphatic carbocycles. The Labute approximate surface area is 168 Å². The third kappa shape index (κ3) is 4.29. The van der Waals surface area contributed by atoms with Gasteiger partial charge in [0.15, 0.2) is 11.5 Å². The van der Waals surface area contributed by atoms with Gasteiger partial charge in [-0.2, -0.15) is 5.10 Å². The number of benzene rings is 1. The minimum Gasteiger partial charge on any atom is -0.472 e. The maximum atomic E-state index is 12.5. The molecule has 0 atom stereocenters. The van der Waals surface area contributed by atoms with Gasteiger partial charge in [0.1, 0.15) is 0 Å². The van der Waals surface area contributed by atoms with Crippen molar-refractivity contribution in [3.63, 3.8) is 0 Å². The summed E-state index contributed by atoms with van der Waals surface area (Å²) in [7, 11) is -3.51. The number of hydrogen-bond donors (Lipinski definition) is 1. The molecule has 3 heterocycles. The van der Waals surface area contributed by atoms with Crippen LogP contribution in [0.4, 0.5) is 5.82 Å². The fraction of sp³-hybridized carbons (Fsp3) is 0.250. The molecule has 150 valence electrons. The van der Waals surface area contributed by atoms with Crippen molar-refractivity contribution in [3.05, 3.63) is 60.6 Å². The van der Waals surface area contributed by atoms with E-state index in [-0.39, 0.29) is 11.6 Å². The summed E-state index contributed by atoms with van der Waals surface area (Å²) in [5.74, 6) is 0.301. The predicted octanol–water partition coefficient (Wildman–Crippen LogP) is 3.68. The van der Waals surface area contributed by atoms with Crippen molar-refractivity contribution in [2.45, 2.75) is 26.3 Å². The number of nitrogens with zero attached hydrogens (tertiary/aromatic N) is 4. The van der Waals surface area contributed by atoms with E-state index < -0.39 is 10.0 Å². The van der Waals surface area contributed by atoms with Crippen molar-refractivity contribution in [3.8, 4) is 11.3 Å². The highest BCUT2D eigenvalue weighted by Crippen LogP contribution is 2.27. The molecular formula is C20H21N5O3S. The Morgan fingerprint density at radius 3 is 2.69 bits per heavy atom. The molecule has 0 saturated heterocycles. The van der Waals surface area contributed by atoms with E-state index in [9.17, 15) is 8.42 Å². The van der Waals surface area contributed by atoms with Gasteiger partial charge in [-0.15, -0.1) is 10.2 Å². The van der Waals surface area contributed by atoms with E-state index in [1.165, 1.54) is 0 Å². The van der Waals surface area contributed by atoms with Gasteiger partial charge in [-0.1, -0.05) is 43.7 Å². The molecule has 0 fully saturated rings. The zero-order chi connectivity index (χ0) is 20.3. The number of sulfonamides is 1. The fourth-order valence-electron chi connectivity index (χ4n) is 3.00. The van der Waals surface area contributed by atoms with Crippen molar-refractivity contribution in [2.75, 3.05) is 10.5 Å². The second-order valence-corrected chi connectivity index (χ2v) is 8.59. The molecule has 0 aliphatic rings. The van der Waals surface area contributed by atoms with E-state index in [1.807, 2.05) is 37.3 Å². The second kappa shape index (κ2) is 8.04. The lowest BCUT2D eigenvalue weighted by Crippen LogP contribution is -2.17. The summed E-state index contributed by atoms with van der Waals surface area (Å²) in [5, 5.41) is 13.7. The van der Waals surface area contributed by atoms with Crippen molar-refractivity contribution >= 4 is 26.9 Å². The summed E-state index contributed by atoms with van der Waals surface area (Å²) in [4.78, 5) is 0. The van der Waals surface area contributed by atoms with Gasteiger partial charge >= 0.3 is 0 Å². The standard InChI is InChI=1S/C20H21N5O3S/c1-2-3-11-29(26,27)24-19-17-12-18(16-9-10-28-14-16)21-22-20(17)25(23-19)13-15-7-5-4-6-8-15/h4-10,12,14H,2-3,11,13H2,1H3,(H,23,24). The number of hydrogen-bond acceptors (Lipinski definition) is 6. The number of fused-ring (bicyclic) bond motifs is 1. The topological polar surface area (TPSA) is 103 Å². The zero-order valence-electron chi connectivity index (χ0n) is 15.9. The van der Waals surface area contributed by atoms with E-state index in [0.717, 1.165) is 17.5 Å². The van der Waals surface area contributed by atoms with Crippen LogP contribution >= 0.6 is 0 Å². The van der Waals surface area contributed by atoms with Crippen LogP contribution < -0.4 is 4.72 Å². The van der Waals surface area contributed by atoms with Crippen LogP contribution in [-0.2, 0) is 16.6 Å². The lowest BCUT2D eigenvalue weighted by Gasteiger charge is -2.05. The summed E-state index contributed by atoms with van der Waals surface area (Å²) in [6.45, 7) is 2.40. The van der Waals surface area contributed by atoms with Crippen molar-refractivity contribution in [1.29, 1.82) is 0 Å². The van der Waals surface area contributed by atoms with Crippen molar-refractivity contribution in [2.24, 2.45) is 0 Å². The Kier molecular flexibility index (Phi) is 5.30. The largest absolute Gasteiger partial charge is 0.472 e. The third-order valence-electron chi connectivity index (χ3n) is 4.51. The fourth-order valence-corrected chi connectivity index (χ4v) is 4.21. The number of nitrogens with one attached hydrogen (secondary N) is 1. The lowest BCUT2D eigenvalue weighted by molar-refractivity contribution is 0.568. The minimum atomic E-state index is -3.51. The molecule has 0 bridgehead atoms. The number of unbranched alkanes of at least 4 members (excludes halogenated alkanes) is 1. The molecule has 8 nitrogen and oxygen atoms in total. The molecular weight excluding hydrogens is 390 g/mol. The van der Waals surface area contributed by atoms with Gasteiger partial charge < -0.3 is 4.42 Å². The van der Waals surface area contributed by atoms with Gasteiger partial charge in [-0.25, -0.2) is 13.1 Å². The summed E-state index contributed by atoms with van der Waals surface area (Å²) < 4.78 is 34.3. The molecule has 0 unspecified atom stereocenters. The van der Waals surface area contributed by atoms with Gasteiger partial charge in [0, 0.05) is 5.56 Å². The Morgan fingerprint density at radius 1 is 1.14 bits per heavy atom. The van der Waals surface area contributed by atoms with Gasteiger partial charge in [0.25, 0.3) is 0 Å². The van der Waals surface area contributed by atoms with Crippen LogP contribution in [0.1, 0.15) is 25.3 Å². The third-order valence-corrected chi connectivity index (χ3v) is 5.84. The maximum absolute atomic E-state index is 12.5. The number of aromatic nitrogens is 4. The number of furan rings is 1. The molecule has 0 aliphatic heterocycles. The monoisotopic (exact) mass is 411 g/mol. The van der Waals surface area contributed by atoms with E-state index >= 15 is 0 Å². The molecule has 4 rings (SSSR count). The van der Waals surface area contributed by atoms with Crippen LogP contribution in [-0.4, -0.2) is 34.1 Å². The molecule has 0 radical (unpaired) electrons. The minimum absolute atomic E-state index is 0.0453. The highest BCUT2D eigenvalue weighted by Gasteiger charge is 2.19. The van der Waals surface area contributed by atoms with Crippen LogP contribution in [0.15, 0.2) is 59.4 Å². The summed E-state index contributed by atoms with van der Waals surface area (Å²) >= 11 is 0. The Morgan fingerprint density at radius 2 is 1.97 bits per heavy atom. The normalized spacial score (nSPS) is 11.8. The summed E-state index contributed by atoms with van der Waals surface area (Å²) in [6.07, 6.45) is 4.49. The van der Waals surface area contributed by atoms with Crippen LogP contribution in [0.2, 0.25) is 0 Å². The molecule has 0 spiro atoms. The highest BCUT2D eigenvalue weighted by atomic mass is 32.2. The van der Waals surface area contributed by atoms with Crippen LogP contribution in [0.3, 0.4) is 0 Å². The Bertz CT molecular complexity index is 1200. The molecule has 0 saturated carbocycles. The molecule has 1 N–H and O–H groups in total. The molecule has 1 aromatic carbocycles. The molecule has 29 heavy (non-hydrogen) atoms. The lowest BCUT2D eigenvalue weighted by atomic mass is 10.2. The Balaban J connectivity index is 1.78. The van der Waals surface area contributed by atoms with E-state index in [4.69, 9.17) is 4.42 Å². The van der Waals surface area contributed by atoms with Crippen molar-refractivity contribution in [1.82, 2.24) is 20.0 Å².